The van der Waals surface area contributed by atoms with Crippen molar-refractivity contribution < 1.29 is 4.39 Å². The molecule has 0 radical (unpaired) electrons. The van der Waals surface area contributed by atoms with Crippen LogP contribution in [0.2, 0.25) is 0 Å². The Balaban J connectivity index is 2.47. The van der Waals surface area contributed by atoms with Gasteiger partial charge in [0.25, 0.3) is 0 Å². The van der Waals surface area contributed by atoms with Gasteiger partial charge in [0.15, 0.2) is 0 Å². The molecule has 1 N–H and O–H groups in total. The van der Waals surface area contributed by atoms with E-state index in [9.17, 15) is 4.39 Å². The van der Waals surface area contributed by atoms with E-state index in [0.717, 1.165) is 24.1 Å². The zero-order chi connectivity index (χ0) is 10.4. The molecule has 74 valence electrons. The molecule has 0 saturated heterocycles. The molecule has 0 saturated carbocycles. The number of aryl methyl sites for hydroxylation is 1. The van der Waals surface area contributed by atoms with E-state index >= 15 is 0 Å². The molecule has 0 aliphatic rings. The Bertz CT molecular complexity index is 342. The molecular weight excluding hydrogens is 179 g/mol. The fraction of sp³-hybridized carbons (Fsp3) is 0.364. The number of hydrogen-bond acceptors (Lipinski definition) is 2. The van der Waals surface area contributed by atoms with E-state index in [4.69, 9.17) is 5.26 Å². The molecule has 3 heteroatoms. The highest BCUT2D eigenvalue weighted by molar-refractivity contribution is 5.26. The Labute approximate surface area is 83.4 Å². The molecule has 0 unspecified atom stereocenters. The molecule has 14 heavy (non-hydrogen) atoms. The van der Waals surface area contributed by atoms with Gasteiger partial charge in [0.05, 0.1) is 12.6 Å². The van der Waals surface area contributed by atoms with Crippen LogP contribution in [-0.2, 0) is 6.42 Å². The Hall–Kier alpha value is -1.40. The van der Waals surface area contributed by atoms with Gasteiger partial charge in [0.1, 0.15) is 5.82 Å². The highest BCUT2D eigenvalue weighted by atomic mass is 19.1. The standard InChI is InChI=1S/C11H13FN2/c1-9-8-11(12)3-2-10(9)4-6-14-7-5-13/h2-3,8,14H,4,6-7H2,1H3. The fourth-order valence-electron chi connectivity index (χ4n) is 1.31. The summed E-state index contributed by atoms with van der Waals surface area (Å²) in [5.74, 6) is -0.198. The van der Waals surface area contributed by atoms with Gasteiger partial charge >= 0.3 is 0 Å². The number of nitriles is 1. The molecule has 0 heterocycles. The van der Waals surface area contributed by atoms with Crippen molar-refractivity contribution in [2.24, 2.45) is 0 Å². The molecule has 0 aromatic heterocycles. The van der Waals surface area contributed by atoms with Crippen LogP contribution in [0.5, 0.6) is 0 Å². The zero-order valence-electron chi connectivity index (χ0n) is 8.18. The highest BCUT2D eigenvalue weighted by Crippen LogP contribution is 2.10. The van der Waals surface area contributed by atoms with E-state index in [0.29, 0.717) is 6.54 Å². The van der Waals surface area contributed by atoms with E-state index in [1.165, 1.54) is 12.1 Å². The summed E-state index contributed by atoms with van der Waals surface area (Å²) in [6.45, 7) is 3.00. The number of hydrogen-bond donors (Lipinski definition) is 1. The van der Waals surface area contributed by atoms with Gasteiger partial charge in [-0.25, -0.2) is 4.39 Å². The van der Waals surface area contributed by atoms with Crippen LogP contribution in [0.15, 0.2) is 18.2 Å². The molecule has 0 atom stereocenters. The summed E-state index contributed by atoms with van der Waals surface area (Å²) >= 11 is 0. The van der Waals surface area contributed by atoms with Crippen molar-refractivity contribution in [1.29, 1.82) is 5.26 Å². The van der Waals surface area contributed by atoms with Crippen molar-refractivity contribution >= 4 is 0 Å². The Morgan fingerprint density at radius 1 is 1.50 bits per heavy atom. The van der Waals surface area contributed by atoms with Gasteiger partial charge < -0.3 is 5.32 Å². The van der Waals surface area contributed by atoms with E-state index in [2.05, 4.69) is 5.32 Å². The Morgan fingerprint density at radius 2 is 2.29 bits per heavy atom. The molecule has 0 spiro atoms. The average Bonchev–Trinajstić information content (AvgIpc) is 2.15. The second-order valence-electron chi connectivity index (χ2n) is 3.16. The first kappa shape index (κ1) is 10.7. The first-order valence-electron chi connectivity index (χ1n) is 4.56. The Morgan fingerprint density at radius 3 is 2.93 bits per heavy atom. The van der Waals surface area contributed by atoms with Crippen LogP contribution in [0, 0.1) is 24.1 Å². The third-order valence-corrected chi connectivity index (χ3v) is 2.08. The summed E-state index contributed by atoms with van der Waals surface area (Å²) in [6, 6.07) is 6.79. The molecule has 1 aromatic rings. The largest absolute Gasteiger partial charge is 0.304 e. The molecule has 0 aliphatic heterocycles. The topological polar surface area (TPSA) is 35.8 Å². The van der Waals surface area contributed by atoms with E-state index in [1.807, 2.05) is 13.0 Å². The predicted molar refractivity (Wildman–Crippen MR) is 53.3 cm³/mol. The third-order valence-electron chi connectivity index (χ3n) is 2.08. The molecule has 2 nitrogen and oxygen atoms in total. The number of rotatable bonds is 4. The van der Waals surface area contributed by atoms with E-state index < -0.39 is 0 Å². The smallest absolute Gasteiger partial charge is 0.123 e. The SMILES string of the molecule is Cc1cc(F)ccc1CCNCC#N. The lowest BCUT2D eigenvalue weighted by Gasteiger charge is -2.05. The van der Waals surface area contributed by atoms with Crippen LogP contribution in [-0.4, -0.2) is 13.1 Å². The minimum absolute atomic E-state index is 0.198. The van der Waals surface area contributed by atoms with Gasteiger partial charge in [-0.15, -0.1) is 0 Å². The molecule has 0 aliphatic carbocycles. The first-order valence-corrected chi connectivity index (χ1v) is 4.56. The van der Waals surface area contributed by atoms with E-state index in [1.54, 1.807) is 6.07 Å². The normalized spacial score (nSPS) is 9.79. The van der Waals surface area contributed by atoms with Gasteiger partial charge in [0, 0.05) is 6.54 Å². The van der Waals surface area contributed by atoms with Crippen molar-refractivity contribution in [3.05, 3.63) is 35.1 Å². The third kappa shape index (κ3) is 3.15. The molecule has 1 rings (SSSR count). The maximum atomic E-state index is 12.7. The van der Waals surface area contributed by atoms with Gasteiger partial charge in [-0.2, -0.15) is 5.26 Å². The van der Waals surface area contributed by atoms with Crippen molar-refractivity contribution in [2.75, 3.05) is 13.1 Å². The van der Waals surface area contributed by atoms with Crippen LogP contribution in [0.25, 0.3) is 0 Å². The number of halogens is 1. The predicted octanol–water partition coefficient (Wildman–Crippen LogP) is 1.79. The number of nitrogens with one attached hydrogen (secondary N) is 1. The number of nitrogens with zero attached hydrogens (tertiary/aromatic N) is 1. The van der Waals surface area contributed by atoms with Gasteiger partial charge in [-0.05, 0) is 36.6 Å². The summed E-state index contributed by atoms with van der Waals surface area (Å²) < 4.78 is 12.7. The second kappa shape index (κ2) is 5.36. The van der Waals surface area contributed by atoms with E-state index in [-0.39, 0.29) is 5.82 Å². The summed E-state index contributed by atoms with van der Waals surface area (Å²) in [5, 5.41) is 11.3. The van der Waals surface area contributed by atoms with Crippen molar-refractivity contribution in [1.82, 2.24) is 5.32 Å². The Kier molecular flexibility index (Phi) is 4.09. The lowest BCUT2D eigenvalue weighted by molar-refractivity contribution is 0.625. The highest BCUT2D eigenvalue weighted by Gasteiger charge is 1.99. The molecule has 0 fully saturated rings. The monoisotopic (exact) mass is 192 g/mol. The minimum atomic E-state index is -0.198. The van der Waals surface area contributed by atoms with Crippen LogP contribution in [0.1, 0.15) is 11.1 Å². The molecule has 0 bridgehead atoms. The van der Waals surface area contributed by atoms with Gasteiger partial charge in [-0.3, -0.25) is 0 Å². The second-order valence-corrected chi connectivity index (χ2v) is 3.16. The van der Waals surface area contributed by atoms with Crippen LogP contribution in [0.3, 0.4) is 0 Å². The summed E-state index contributed by atoms with van der Waals surface area (Å²) in [5.41, 5.74) is 2.08. The summed E-state index contributed by atoms with van der Waals surface area (Å²) in [7, 11) is 0. The molecular formula is C11H13FN2. The quantitative estimate of drug-likeness (QED) is 0.583. The van der Waals surface area contributed by atoms with Crippen LogP contribution in [0.4, 0.5) is 4.39 Å². The first-order chi connectivity index (χ1) is 6.74. The van der Waals surface area contributed by atoms with Crippen molar-refractivity contribution in [3.8, 4) is 6.07 Å². The fourth-order valence-corrected chi connectivity index (χ4v) is 1.31. The maximum absolute atomic E-state index is 12.7. The van der Waals surface area contributed by atoms with Crippen molar-refractivity contribution in [2.45, 2.75) is 13.3 Å². The van der Waals surface area contributed by atoms with Crippen LogP contribution >= 0.6 is 0 Å². The summed E-state index contributed by atoms with van der Waals surface area (Å²) in [4.78, 5) is 0. The lowest BCUT2D eigenvalue weighted by atomic mass is 10.1. The number of benzene rings is 1. The maximum Gasteiger partial charge on any atom is 0.123 e. The van der Waals surface area contributed by atoms with Gasteiger partial charge in [-0.1, -0.05) is 6.07 Å². The van der Waals surface area contributed by atoms with Gasteiger partial charge in [0.2, 0.25) is 0 Å². The summed E-state index contributed by atoms with van der Waals surface area (Å²) in [6.07, 6.45) is 0.827. The zero-order valence-corrected chi connectivity index (χ0v) is 8.18. The lowest BCUT2D eigenvalue weighted by Crippen LogP contribution is -2.17. The van der Waals surface area contributed by atoms with Crippen LogP contribution < -0.4 is 5.32 Å². The molecule has 0 amide bonds. The average molecular weight is 192 g/mol. The minimum Gasteiger partial charge on any atom is -0.304 e. The molecule has 1 aromatic carbocycles. The van der Waals surface area contributed by atoms with Crippen molar-refractivity contribution in [3.63, 3.8) is 0 Å².